The van der Waals surface area contributed by atoms with Gasteiger partial charge in [0.25, 0.3) is 0 Å². The van der Waals surface area contributed by atoms with Crippen molar-refractivity contribution in [2.45, 2.75) is 42.1 Å². The first-order valence-corrected chi connectivity index (χ1v) is 11.5. The maximum atomic E-state index is 11.3. The normalized spacial score (nSPS) is 15.5. The summed E-state index contributed by atoms with van der Waals surface area (Å²) < 4.78 is 7.16. The van der Waals surface area contributed by atoms with Crippen LogP contribution in [0.15, 0.2) is 33.5 Å². The standard InChI is InChI=1S/C17H19Cl2N5O5S2/c1-8(26)14(6-25)29-16(31-9-2-10(18)15(19)20-3-9)13(27)5-24-4-11(22-23-24)12-7-30-17(28)21-12/h2-4,7-8,13-14,16,25-27H,5-6H2,1H3,(H,21,28)/t8-,13+,14?,16?/m1/s1. The Balaban J connectivity index is 1.77. The first kappa shape index (κ1) is 24.1. The summed E-state index contributed by atoms with van der Waals surface area (Å²) in [6.07, 6.45) is 0.0229. The van der Waals surface area contributed by atoms with E-state index < -0.39 is 30.4 Å². The van der Waals surface area contributed by atoms with Crippen LogP contribution in [0, 0.1) is 0 Å². The predicted octanol–water partition coefficient (Wildman–Crippen LogP) is 1.63. The van der Waals surface area contributed by atoms with E-state index in [2.05, 4.69) is 20.3 Å². The topological polar surface area (TPSA) is 146 Å². The summed E-state index contributed by atoms with van der Waals surface area (Å²) in [6, 6.07) is 1.57. The van der Waals surface area contributed by atoms with Crippen LogP contribution in [0.25, 0.3) is 11.4 Å². The van der Waals surface area contributed by atoms with Gasteiger partial charge in [-0.2, -0.15) is 0 Å². The number of aliphatic hydroxyl groups is 3. The number of nitrogens with zero attached hydrogens (tertiary/aromatic N) is 4. The van der Waals surface area contributed by atoms with Crippen LogP contribution in [0.3, 0.4) is 0 Å². The van der Waals surface area contributed by atoms with E-state index in [-0.39, 0.29) is 21.6 Å². The van der Waals surface area contributed by atoms with Gasteiger partial charge in [0.1, 0.15) is 28.5 Å². The number of hydrogen-bond acceptors (Lipinski definition) is 10. The Bertz CT molecular complexity index is 1060. The molecule has 0 saturated heterocycles. The Morgan fingerprint density at radius 2 is 2.16 bits per heavy atom. The molecule has 10 nitrogen and oxygen atoms in total. The predicted molar refractivity (Wildman–Crippen MR) is 118 cm³/mol. The third-order valence-corrected chi connectivity index (χ3v) is 6.58. The SMILES string of the molecule is C[C@@H](O)C(CO)OC(Sc1cnc(Cl)c(Cl)c1)[C@@H](O)Cn1cc(-c2csc(=O)[nH]2)nn1. The number of aromatic nitrogens is 5. The monoisotopic (exact) mass is 507 g/mol. The lowest BCUT2D eigenvalue weighted by molar-refractivity contribution is -0.0972. The zero-order valence-electron chi connectivity index (χ0n) is 16.1. The molecule has 3 aromatic rings. The van der Waals surface area contributed by atoms with Gasteiger partial charge in [-0.25, -0.2) is 9.67 Å². The van der Waals surface area contributed by atoms with Gasteiger partial charge in [-0.3, -0.25) is 4.79 Å². The Morgan fingerprint density at radius 3 is 2.77 bits per heavy atom. The summed E-state index contributed by atoms with van der Waals surface area (Å²) in [5.41, 5.74) is 0.0511. The number of aromatic amines is 1. The zero-order chi connectivity index (χ0) is 22.5. The van der Waals surface area contributed by atoms with Crippen LogP contribution < -0.4 is 4.87 Å². The Hall–Kier alpha value is -1.51. The van der Waals surface area contributed by atoms with Crippen molar-refractivity contribution >= 4 is 46.3 Å². The number of ether oxygens (including phenoxy) is 1. The van der Waals surface area contributed by atoms with Crippen LogP contribution in [0.4, 0.5) is 0 Å². The lowest BCUT2D eigenvalue weighted by atomic mass is 10.2. The molecule has 0 amide bonds. The van der Waals surface area contributed by atoms with Gasteiger partial charge in [-0.1, -0.05) is 51.5 Å². The van der Waals surface area contributed by atoms with E-state index in [1.165, 1.54) is 17.8 Å². The fourth-order valence-electron chi connectivity index (χ4n) is 2.48. The molecule has 3 heterocycles. The molecule has 31 heavy (non-hydrogen) atoms. The van der Waals surface area contributed by atoms with Crippen LogP contribution in [0.5, 0.6) is 0 Å². The summed E-state index contributed by atoms with van der Waals surface area (Å²) in [4.78, 5) is 18.3. The second-order valence-corrected chi connectivity index (χ2v) is 9.26. The molecule has 168 valence electrons. The Morgan fingerprint density at radius 1 is 1.39 bits per heavy atom. The number of H-pyrrole nitrogens is 1. The van der Waals surface area contributed by atoms with Gasteiger partial charge >= 0.3 is 4.87 Å². The van der Waals surface area contributed by atoms with E-state index in [0.717, 1.165) is 23.1 Å². The van der Waals surface area contributed by atoms with Crippen molar-refractivity contribution in [1.82, 2.24) is 25.0 Å². The molecule has 14 heteroatoms. The highest BCUT2D eigenvalue weighted by molar-refractivity contribution is 7.99. The number of hydrogen-bond donors (Lipinski definition) is 4. The van der Waals surface area contributed by atoms with Crippen molar-refractivity contribution in [2.24, 2.45) is 0 Å². The average Bonchev–Trinajstić information content (AvgIpc) is 3.36. The van der Waals surface area contributed by atoms with E-state index in [1.54, 1.807) is 17.6 Å². The molecule has 0 aromatic carbocycles. The van der Waals surface area contributed by atoms with E-state index in [9.17, 15) is 20.1 Å². The first-order chi connectivity index (χ1) is 14.8. The van der Waals surface area contributed by atoms with Crippen molar-refractivity contribution in [3.8, 4) is 11.4 Å². The Labute approximate surface area is 194 Å². The van der Waals surface area contributed by atoms with Gasteiger partial charge in [-0.15, -0.1) is 5.10 Å². The highest BCUT2D eigenvalue weighted by Gasteiger charge is 2.28. The molecule has 0 aliphatic heterocycles. The van der Waals surface area contributed by atoms with E-state index >= 15 is 0 Å². The lowest BCUT2D eigenvalue weighted by Crippen LogP contribution is -2.39. The van der Waals surface area contributed by atoms with Crippen LogP contribution >= 0.6 is 46.3 Å². The first-order valence-electron chi connectivity index (χ1n) is 8.95. The number of thiazole rings is 1. The summed E-state index contributed by atoms with van der Waals surface area (Å²) in [5.74, 6) is 0. The molecule has 4 atom stereocenters. The van der Waals surface area contributed by atoms with Crippen LogP contribution in [0.1, 0.15) is 6.92 Å². The van der Waals surface area contributed by atoms with E-state index in [1.807, 2.05) is 0 Å². The number of rotatable bonds is 10. The van der Waals surface area contributed by atoms with Gasteiger partial charge in [0.2, 0.25) is 0 Å². The molecule has 4 N–H and O–H groups in total. The van der Waals surface area contributed by atoms with Gasteiger partial charge in [0, 0.05) is 16.5 Å². The fourth-order valence-corrected chi connectivity index (χ4v) is 4.39. The van der Waals surface area contributed by atoms with Crippen molar-refractivity contribution < 1.29 is 20.1 Å². The molecule has 0 fully saturated rings. The van der Waals surface area contributed by atoms with Crippen LogP contribution in [-0.2, 0) is 11.3 Å². The van der Waals surface area contributed by atoms with Gasteiger partial charge in [-0.05, 0) is 13.0 Å². The number of nitrogens with one attached hydrogen (secondary N) is 1. The molecule has 0 aliphatic carbocycles. The third kappa shape index (κ3) is 6.49. The number of aliphatic hydroxyl groups excluding tert-OH is 3. The minimum atomic E-state index is -1.12. The smallest absolute Gasteiger partial charge is 0.304 e. The van der Waals surface area contributed by atoms with Crippen molar-refractivity contribution in [3.05, 3.63) is 43.7 Å². The molecule has 3 rings (SSSR count). The fraction of sp³-hybridized carbons (Fsp3) is 0.412. The summed E-state index contributed by atoms with van der Waals surface area (Å²) in [6.45, 7) is 1.02. The molecular formula is C17H19Cl2N5O5S2. The molecule has 0 saturated carbocycles. The molecule has 2 unspecified atom stereocenters. The molecule has 0 radical (unpaired) electrons. The van der Waals surface area contributed by atoms with Gasteiger partial charge in [0.05, 0.1) is 36.2 Å². The lowest BCUT2D eigenvalue weighted by Gasteiger charge is -2.28. The van der Waals surface area contributed by atoms with Crippen molar-refractivity contribution in [3.63, 3.8) is 0 Å². The third-order valence-electron chi connectivity index (χ3n) is 4.07. The molecule has 0 aliphatic rings. The summed E-state index contributed by atoms with van der Waals surface area (Å²) in [5, 5.41) is 40.1. The quantitative estimate of drug-likeness (QED) is 0.182. The average molecular weight is 508 g/mol. The maximum absolute atomic E-state index is 11.3. The van der Waals surface area contributed by atoms with Crippen molar-refractivity contribution in [2.75, 3.05) is 6.61 Å². The van der Waals surface area contributed by atoms with Crippen molar-refractivity contribution in [1.29, 1.82) is 0 Å². The summed E-state index contributed by atoms with van der Waals surface area (Å²) >= 11 is 14.0. The molecular weight excluding hydrogens is 489 g/mol. The molecule has 0 spiro atoms. The Kier molecular flexibility index (Phi) is 8.47. The second-order valence-electron chi connectivity index (χ2n) is 6.48. The van der Waals surface area contributed by atoms with Gasteiger partial charge < -0.3 is 25.0 Å². The number of thioether (sulfide) groups is 1. The molecule has 0 bridgehead atoms. The minimum absolute atomic E-state index is 0.00819. The number of pyridine rings is 1. The highest BCUT2D eigenvalue weighted by atomic mass is 35.5. The largest absolute Gasteiger partial charge is 0.394 e. The summed E-state index contributed by atoms with van der Waals surface area (Å²) in [7, 11) is 0. The van der Waals surface area contributed by atoms with Crippen LogP contribution in [-0.4, -0.2) is 70.6 Å². The van der Waals surface area contributed by atoms with Crippen LogP contribution in [0.2, 0.25) is 10.2 Å². The van der Waals surface area contributed by atoms with E-state index in [0.29, 0.717) is 16.3 Å². The minimum Gasteiger partial charge on any atom is -0.394 e. The van der Waals surface area contributed by atoms with E-state index in [4.69, 9.17) is 27.9 Å². The highest BCUT2D eigenvalue weighted by Crippen LogP contribution is 2.31. The molecule has 3 aromatic heterocycles. The second kappa shape index (κ2) is 10.9. The number of halogens is 2. The maximum Gasteiger partial charge on any atom is 0.304 e. The zero-order valence-corrected chi connectivity index (χ0v) is 19.2. The van der Waals surface area contributed by atoms with Gasteiger partial charge in [0.15, 0.2) is 0 Å².